The van der Waals surface area contributed by atoms with Crippen LogP contribution in [-0.4, -0.2) is 56.3 Å². The molecule has 0 aromatic heterocycles. The molecule has 0 saturated carbocycles. The lowest BCUT2D eigenvalue weighted by Gasteiger charge is -2.59. The van der Waals surface area contributed by atoms with E-state index in [9.17, 15) is 4.79 Å². The SMILES string of the molecule is CC(C)(C)[Si](C)(C)O[C@H]1C[C@H]2O[C@@](C)(CCOCc3ccccc3)[C@H](OCc3ccccc3)C[C@]2(C)O[C@]1(C)C=O. The number of hydrogen-bond acceptors (Lipinski definition) is 6. The van der Waals surface area contributed by atoms with Gasteiger partial charge in [0, 0.05) is 25.9 Å². The Morgan fingerprint density at radius 2 is 1.51 bits per heavy atom. The Morgan fingerprint density at radius 1 is 0.927 bits per heavy atom. The molecule has 6 nitrogen and oxygen atoms in total. The van der Waals surface area contributed by atoms with Crippen LogP contribution in [0, 0.1) is 0 Å². The highest BCUT2D eigenvalue weighted by molar-refractivity contribution is 6.74. The lowest BCUT2D eigenvalue weighted by molar-refractivity contribution is -0.328. The summed E-state index contributed by atoms with van der Waals surface area (Å²) in [6, 6.07) is 20.4. The molecule has 4 rings (SSSR count). The number of hydrogen-bond donors (Lipinski definition) is 0. The van der Waals surface area contributed by atoms with E-state index in [2.05, 4.69) is 72.0 Å². The highest BCUT2D eigenvalue weighted by Gasteiger charge is 2.61. The lowest BCUT2D eigenvalue weighted by atomic mass is 9.74. The molecule has 41 heavy (non-hydrogen) atoms. The standard InChI is InChI=1S/C34H50O6Si/c1-31(2,3)41(7,8)39-29-21-28-33(5,40-34(29,6)25-35)22-30(37-24-27-17-13-10-14-18-27)32(4,38-28)19-20-36-23-26-15-11-9-12-16-26/h9-18,25,28-30H,19-24H2,1-8H3/t28-,29+,30-,32+,33+,34-/m1/s1. The van der Waals surface area contributed by atoms with Crippen molar-refractivity contribution in [3.8, 4) is 0 Å². The molecule has 2 fully saturated rings. The molecule has 0 unspecified atom stereocenters. The van der Waals surface area contributed by atoms with Gasteiger partial charge in [-0.2, -0.15) is 0 Å². The molecule has 226 valence electrons. The van der Waals surface area contributed by atoms with Gasteiger partial charge in [-0.3, -0.25) is 0 Å². The second-order valence-corrected chi connectivity index (χ2v) is 18.8. The summed E-state index contributed by atoms with van der Waals surface area (Å²) in [5.41, 5.74) is -0.121. The predicted octanol–water partition coefficient (Wildman–Crippen LogP) is 7.25. The summed E-state index contributed by atoms with van der Waals surface area (Å²) < 4.78 is 33.3. The molecule has 0 bridgehead atoms. The number of carbonyl (C=O) groups excluding carboxylic acids is 1. The van der Waals surface area contributed by atoms with E-state index in [0.29, 0.717) is 39.1 Å². The van der Waals surface area contributed by atoms with Crippen LogP contribution >= 0.6 is 0 Å². The van der Waals surface area contributed by atoms with E-state index in [-0.39, 0.29) is 23.4 Å². The fraction of sp³-hybridized carbons (Fsp3) is 0.618. The molecule has 0 aliphatic carbocycles. The predicted molar refractivity (Wildman–Crippen MR) is 164 cm³/mol. The third-order valence-corrected chi connectivity index (χ3v) is 14.0. The first-order valence-corrected chi connectivity index (χ1v) is 17.9. The largest absolute Gasteiger partial charge is 0.410 e. The van der Waals surface area contributed by atoms with Crippen LogP contribution in [0.15, 0.2) is 60.7 Å². The maximum atomic E-state index is 12.6. The molecule has 0 radical (unpaired) electrons. The van der Waals surface area contributed by atoms with Crippen molar-refractivity contribution >= 4 is 14.6 Å². The number of benzene rings is 2. The first-order chi connectivity index (χ1) is 19.2. The van der Waals surface area contributed by atoms with Gasteiger partial charge in [0.2, 0.25) is 0 Å². The topological polar surface area (TPSA) is 63.2 Å². The van der Waals surface area contributed by atoms with E-state index in [0.717, 1.165) is 17.4 Å². The van der Waals surface area contributed by atoms with Crippen molar-refractivity contribution in [1.29, 1.82) is 0 Å². The zero-order valence-corrected chi connectivity index (χ0v) is 27.3. The van der Waals surface area contributed by atoms with Crippen molar-refractivity contribution in [2.75, 3.05) is 6.61 Å². The van der Waals surface area contributed by atoms with Crippen LogP contribution in [0.25, 0.3) is 0 Å². The molecule has 2 aromatic rings. The number of fused-ring (bicyclic) bond motifs is 1. The fourth-order valence-corrected chi connectivity index (χ4v) is 7.10. The molecular formula is C34H50O6Si. The summed E-state index contributed by atoms with van der Waals surface area (Å²) in [5.74, 6) is 0. The molecule has 2 aliphatic heterocycles. The Bertz CT molecular complexity index is 1130. The van der Waals surface area contributed by atoms with E-state index in [1.165, 1.54) is 0 Å². The summed E-state index contributed by atoms with van der Waals surface area (Å²) in [6.45, 7) is 18.7. The minimum Gasteiger partial charge on any atom is -0.410 e. The van der Waals surface area contributed by atoms with Gasteiger partial charge in [-0.05, 0) is 50.0 Å². The van der Waals surface area contributed by atoms with Gasteiger partial charge in [-0.25, -0.2) is 0 Å². The van der Waals surface area contributed by atoms with Crippen LogP contribution in [0.4, 0.5) is 0 Å². The maximum Gasteiger partial charge on any atom is 0.192 e. The van der Waals surface area contributed by atoms with Gasteiger partial charge in [-0.1, -0.05) is 81.4 Å². The van der Waals surface area contributed by atoms with E-state index in [1.54, 1.807) is 0 Å². The Labute approximate surface area is 248 Å². The van der Waals surface area contributed by atoms with E-state index >= 15 is 0 Å². The summed E-state index contributed by atoms with van der Waals surface area (Å²) >= 11 is 0. The zero-order valence-electron chi connectivity index (χ0n) is 26.3. The number of aldehydes is 1. The van der Waals surface area contributed by atoms with Crippen molar-refractivity contribution in [3.05, 3.63) is 71.8 Å². The molecule has 0 amide bonds. The van der Waals surface area contributed by atoms with Crippen LogP contribution in [0.3, 0.4) is 0 Å². The van der Waals surface area contributed by atoms with Gasteiger partial charge in [0.25, 0.3) is 0 Å². The first kappa shape index (κ1) is 32.0. The Morgan fingerprint density at radius 3 is 2.07 bits per heavy atom. The third-order valence-electron chi connectivity index (χ3n) is 9.51. The quantitative estimate of drug-likeness (QED) is 0.158. The summed E-state index contributed by atoms with van der Waals surface area (Å²) in [6.07, 6.45) is 1.90. The first-order valence-electron chi connectivity index (χ1n) is 15.0. The second-order valence-electron chi connectivity index (χ2n) is 14.0. The zero-order chi connectivity index (χ0) is 29.9. The highest BCUT2D eigenvalue weighted by atomic mass is 28.4. The summed E-state index contributed by atoms with van der Waals surface area (Å²) in [5, 5.41) is 0.00590. The van der Waals surface area contributed by atoms with Crippen molar-refractivity contribution < 1.29 is 28.2 Å². The van der Waals surface area contributed by atoms with Crippen molar-refractivity contribution in [3.63, 3.8) is 0 Å². The molecule has 0 spiro atoms. The second kappa shape index (κ2) is 12.4. The van der Waals surface area contributed by atoms with E-state index in [1.807, 2.05) is 43.3 Å². The fourth-order valence-electron chi connectivity index (χ4n) is 5.71. The van der Waals surface area contributed by atoms with Crippen LogP contribution in [0.1, 0.15) is 71.9 Å². The van der Waals surface area contributed by atoms with Gasteiger partial charge in [0.1, 0.15) is 5.60 Å². The van der Waals surface area contributed by atoms with Gasteiger partial charge in [-0.15, -0.1) is 0 Å². The number of ether oxygens (including phenoxy) is 4. The lowest BCUT2D eigenvalue weighted by Crippen LogP contribution is -2.70. The molecule has 7 heteroatoms. The van der Waals surface area contributed by atoms with Crippen molar-refractivity contribution in [1.82, 2.24) is 0 Å². The smallest absolute Gasteiger partial charge is 0.192 e. The van der Waals surface area contributed by atoms with Gasteiger partial charge in [0.05, 0.1) is 42.7 Å². The van der Waals surface area contributed by atoms with Crippen LogP contribution in [0.2, 0.25) is 18.1 Å². The van der Waals surface area contributed by atoms with E-state index < -0.39 is 25.1 Å². The summed E-state index contributed by atoms with van der Waals surface area (Å²) in [7, 11) is -2.17. The third kappa shape index (κ3) is 7.38. The van der Waals surface area contributed by atoms with Crippen LogP contribution in [0.5, 0.6) is 0 Å². The molecular weight excluding hydrogens is 532 g/mol. The highest BCUT2D eigenvalue weighted by Crippen LogP contribution is 2.50. The van der Waals surface area contributed by atoms with Crippen LogP contribution in [-0.2, 0) is 41.4 Å². The van der Waals surface area contributed by atoms with Gasteiger partial charge < -0.3 is 28.2 Å². The molecule has 2 aliphatic rings. The molecule has 2 aromatic carbocycles. The molecule has 2 saturated heterocycles. The number of rotatable bonds is 11. The van der Waals surface area contributed by atoms with Crippen molar-refractivity contribution in [2.24, 2.45) is 0 Å². The van der Waals surface area contributed by atoms with Crippen molar-refractivity contribution in [2.45, 2.75) is 127 Å². The summed E-state index contributed by atoms with van der Waals surface area (Å²) in [4.78, 5) is 12.6. The normalized spacial score (nSPS) is 32.3. The minimum absolute atomic E-state index is 0.00590. The molecule has 2 heterocycles. The minimum atomic E-state index is -2.17. The van der Waals surface area contributed by atoms with Gasteiger partial charge >= 0.3 is 0 Å². The van der Waals surface area contributed by atoms with E-state index in [4.69, 9.17) is 23.4 Å². The Kier molecular flexibility index (Phi) is 9.69. The Hall–Kier alpha value is -1.87. The average molecular weight is 583 g/mol. The molecule has 0 N–H and O–H groups in total. The van der Waals surface area contributed by atoms with Gasteiger partial charge in [0.15, 0.2) is 14.6 Å². The monoisotopic (exact) mass is 582 g/mol. The van der Waals surface area contributed by atoms with Crippen LogP contribution < -0.4 is 0 Å². The molecule has 6 atom stereocenters. The average Bonchev–Trinajstić information content (AvgIpc) is 2.92. The number of carbonyl (C=O) groups is 1. The Balaban J connectivity index is 1.54. The maximum absolute atomic E-state index is 12.6.